The number of pyridine rings is 1. The van der Waals surface area contributed by atoms with Crippen LogP contribution in [0.2, 0.25) is 0 Å². The average molecular weight is 487 g/mol. The highest BCUT2D eigenvalue weighted by atomic mass is 32.2. The van der Waals surface area contributed by atoms with Gasteiger partial charge in [0.1, 0.15) is 16.8 Å². The Kier molecular flexibility index (Phi) is 6.53. The van der Waals surface area contributed by atoms with E-state index in [9.17, 15) is 19.4 Å². The van der Waals surface area contributed by atoms with E-state index in [0.717, 1.165) is 22.4 Å². The number of aromatic hydroxyl groups is 1. The molecular formula is C28H23FN2O3S. The molecule has 4 aromatic rings. The topological polar surface area (TPSA) is 73.7 Å². The summed E-state index contributed by atoms with van der Waals surface area (Å²) in [4.78, 5) is 19.1. The maximum absolute atomic E-state index is 13.3. The Hall–Kier alpha value is -3.68. The first-order valence-corrected chi connectivity index (χ1v) is 12.2. The molecule has 1 saturated heterocycles. The van der Waals surface area contributed by atoms with E-state index in [0.29, 0.717) is 11.3 Å². The van der Waals surface area contributed by atoms with Gasteiger partial charge in [-0.1, -0.05) is 36.4 Å². The van der Waals surface area contributed by atoms with Crippen molar-refractivity contribution in [2.24, 2.45) is 0 Å². The van der Waals surface area contributed by atoms with Gasteiger partial charge < -0.3 is 15.1 Å². The Morgan fingerprint density at radius 1 is 0.886 bits per heavy atom. The number of aliphatic hydroxyl groups excluding tert-OH is 1. The minimum Gasteiger partial charge on any atom is -0.508 e. The SMILES string of the molecule is O=C1[C@H](SC[C@H](O)c2ccc(F)cc2)[C@@H](c2ccc(O)cc2)N1c1ccc(-c2ccncc2)cc1. The molecule has 5 nitrogen and oxygen atoms in total. The van der Waals surface area contributed by atoms with Crippen LogP contribution in [0.25, 0.3) is 11.1 Å². The van der Waals surface area contributed by atoms with Gasteiger partial charge in [-0.3, -0.25) is 9.78 Å². The smallest absolute Gasteiger partial charge is 0.243 e. The van der Waals surface area contributed by atoms with Gasteiger partial charge >= 0.3 is 0 Å². The van der Waals surface area contributed by atoms with Crippen LogP contribution in [0.15, 0.2) is 97.3 Å². The van der Waals surface area contributed by atoms with Crippen molar-refractivity contribution in [3.8, 4) is 16.9 Å². The van der Waals surface area contributed by atoms with Crippen molar-refractivity contribution >= 4 is 23.4 Å². The summed E-state index contributed by atoms with van der Waals surface area (Å²) in [6.07, 6.45) is 2.67. The van der Waals surface area contributed by atoms with Gasteiger partial charge in [0.2, 0.25) is 5.91 Å². The first-order valence-electron chi connectivity index (χ1n) is 11.2. The molecule has 7 heteroatoms. The zero-order chi connectivity index (χ0) is 24.4. The number of rotatable bonds is 7. The summed E-state index contributed by atoms with van der Waals surface area (Å²) in [5.41, 5.74) is 4.35. The first-order chi connectivity index (χ1) is 17.0. The molecule has 0 saturated carbocycles. The van der Waals surface area contributed by atoms with Crippen molar-refractivity contribution in [2.45, 2.75) is 17.4 Å². The lowest BCUT2D eigenvalue weighted by Gasteiger charge is -2.47. The van der Waals surface area contributed by atoms with Crippen molar-refractivity contribution < 1.29 is 19.4 Å². The predicted molar refractivity (Wildman–Crippen MR) is 136 cm³/mol. The van der Waals surface area contributed by atoms with Crippen molar-refractivity contribution in [3.05, 3.63) is 114 Å². The van der Waals surface area contributed by atoms with Gasteiger partial charge in [-0.15, -0.1) is 11.8 Å². The van der Waals surface area contributed by atoms with Crippen molar-refractivity contribution in [1.29, 1.82) is 0 Å². The molecule has 3 atom stereocenters. The van der Waals surface area contributed by atoms with Crippen LogP contribution in [-0.2, 0) is 4.79 Å². The molecule has 1 fully saturated rings. The highest BCUT2D eigenvalue weighted by molar-refractivity contribution is 8.00. The van der Waals surface area contributed by atoms with Gasteiger partial charge in [-0.2, -0.15) is 0 Å². The number of phenolic OH excluding ortho intramolecular Hbond substituents is 1. The van der Waals surface area contributed by atoms with Crippen LogP contribution in [0, 0.1) is 5.82 Å². The maximum Gasteiger partial charge on any atom is 0.243 e. The number of hydrogen-bond acceptors (Lipinski definition) is 5. The van der Waals surface area contributed by atoms with Crippen LogP contribution in [0.4, 0.5) is 10.1 Å². The molecule has 1 aliphatic rings. The molecule has 35 heavy (non-hydrogen) atoms. The summed E-state index contributed by atoms with van der Waals surface area (Å²) < 4.78 is 13.2. The lowest BCUT2D eigenvalue weighted by molar-refractivity contribution is -0.123. The van der Waals surface area contributed by atoms with Crippen LogP contribution in [-0.4, -0.2) is 32.1 Å². The number of amides is 1. The summed E-state index contributed by atoms with van der Waals surface area (Å²) in [6, 6.07) is 24.0. The lowest BCUT2D eigenvalue weighted by Crippen LogP contribution is -2.57. The second-order valence-corrected chi connectivity index (χ2v) is 9.52. The lowest BCUT2D eigenvalue weighted by atomic mass is 9.92. The van der Waals surface area contributed by atoms with E-state index in [1.807, 2.05) is 48.5 Å². The van der Waals surface area contributed by atoms with Crippen molar-refractivity contribution in [3.63, 3.8) is 0 Å². The molecule has 1 aromatic heterocycles. The van der Waals surface area contributed by atoms with E-state index < -0.39 is 11.4 Å². The number of phenols is 1. The number of benzene rings is 3. The number of β-lactam (4-membered cyclic amide) rings is 1. The van der Waals surface area contributed by atoms with Crippen LogP contribution in [0.1, 0.15) is 23.3 Å². The third kappa shape index (κ3) is 4.78. The molecule has 1 aliphatic heterocycles. The summed E-state index contributed by atoms with van der Waals surface area (Å²) >= 11 is 1.38. The summed E-state index contributed by atoms with van der Waals surface area (Å²) in [5.74, 6) is 0.0474. The summed E-state index contributed by atoms with van der Waals surface area (Å²) in [7, 11) is 0. The molecule has 0 aliphatic carbocycles. The van der Waals surface area contributed by atoms with Crippen LogP contribution in [0.5, 0.6) is 5.75 Å². The fraction of sp³-hybridized carbons (Fsp3) is 0.143. The maximum atomic E-state index is 13.3. The molecule has 5 rings (SSSR count). The number of anilines is 1. The molecule has 0 bridgehead atoms. The monoisotopic (exact) mass is 486 g/mol. The fourth-order valence-corrected chi connectivity index (χ4v) is 5.54. The Morgan fingerprint density at radius 2 is 1.51 bits per heavy atom. The number of carbonyl (C=O) groups excluding carboxylic acids is 1. The largest absolute Gasteiger partial charge is 0.508 e. The number of aromatic nitrogens is 1. The van der Waals surface area contributed by atoms with E-state index in [4.69, 9.17) is 0 Å². The molecular weight excluding hydrogens is 463 g/mol. The Bertz CT molecular complexity index is 1300. The second-order valence-electron chi connectivity index (χ2n) is 8.35. The van der Waals surface area contributed by atoms with Gasteiger partial charge in [0.25, 0.3) is 0 Å². The van der Waals surface area contributed by atoms with Crippen LogP contribution < -0.4 is 4.90 Å². The summed E-state index contributed by atoms with van der Waals surface area (Å²) in [6.45, 7) is 0. The molecule has 1 amide bonds. The fourth-order valence-electron chi connectivity index (χ4n) is 4.24. The standard InChI is InChI=1S/C28H23FN2O3S/c29-22-7-1-20(2-8-22)25(33)17-35-27-26(21-5-11-24(32)12-6-21)31(28(27)34)23-9-3-18(4-10-23)19-13-15-30-16-14-19/h1-16,25-27,32-33H,17H2/t25-,26+,27+/m0/s1. The molecule has 3 aromatic carbocycles. The third-order valence-corrected chi connectivity index (χ3v) is 7.45. The van der Waals surface area contributed by atoms with Gasteiger partial charge in [0, 0.05) is 23.8 Å². The predicted octanol–water partition coefficient (Wildman–Crippen LogP) is 5.52. The normalized spacial score (nSPS) is 18.2. The number of halogens is 1. The third-order valence-electron chi connectivity index (χ3n) is 6.13. The minimum absolute atomic E-state index is 0.0453. The molecule has 2 heterocycles. The van der Waals surface area contributed by atoms with Crippen molar-refractivity contribution in [1.82, 2.24) is 4.98 Å². The minimum atomic E-state index is -0.817. The zero-order valence-corrected chi connectivity index (χ0v) is 19.5. The van der Waals surface area contributed by atoms with Gasteiger partial charge in [-0.25, -0.2) is 4.39 Å². The summed E-state index contributed by atoms with van der Waals surface area (Å²) in [5, 5.41) is 19.9. The van der Waals surface area contributed by atoms with E-state index in [2.05, 4.69) is 4.98 Å². The van der Waals surface area contributed by atoms with E-state index in [1.165, 1.54) is 23.9 Å². The number of aliphatic hydroxyl groups is 1. The quantitative estimate of drug-likeness (QED) is 0.337. The average Bonchev–Trinajstić information content (AvgIpc) is 2.89. The number of hydrogen-bond donors (Lipinski definition) is 2. The molecule has 0 spiro atoms. The molecule has 176 valence electrons. The number of thioether (sulfide) groups is 1. The zero-order valence-electron chi connectivity index (χ0n) is 18.7. The van der Waals surface area contributed by atoms with Gasteiger partial charge in [0.15, 0.2) is 0 Å². The van der Waals surface area contributed by atoms with Crippen molar-refractivity contribution in [2.75, 3.05) is 10.7 Å². The second kappa shape index (κ2) is 9.90. The highest BCUT2D eigenvalue weighted by Gasteiger charge is 2.49. The molecule has 2 N–H and O–H groups in total. The highest BCUT2D eigenvalue weighted by Crippen LogP contribution is 2.46. The van der Waals surface area contributed by atoms with E-state index >= 15 is 0 Å². The van der Waals surface area contributed by atoms with Gasteiger partial charge in [-0.05, 0) is 70.8 Å². The Morgan fingerprint density at radius 3 is 2.17 bits per heavy atom. The van der Waals surface area contributed by atoms with E-state index in [-0.39, 0.29) is 23.5 Å². The Balaban J connectivity index is 1.37. The van der Waals surface area contributed by atoms with Gasteiger partial charge in [0.05, 0.1) is 12.1 Å². The Labute approximate surface area is 206 Å². The van der Waals surface area contributed by atoms with Crippen LogP contribution in [0.3, 0.4) is 0 Å². The first kappa shape index (κ1) is 23.1. The molecule has 0 radical (unpaired) electrons. The number of carbonyl (C=O) groups is 1. The molecule has 0 unspecified atom stereocenters. The number of nitrogens with zero attached hydrogens (tertiary/aromatic N) is 2. The van der Waals surface area contributed by atoms with Crippen LogP contribution >= 0.6 is 11.8 Å². The van der Waals surface area contributed by atoms with E-state index in [1.54, 1.807) is 41.6 Å².